The number of allylic oxidation sites excluding steroid dienone is 1. The molecule has 4 nitrogen and oxygen atoms in total. The smallest absolute Gasteiger partial charge is 0.185 e. The largest absolute Gasteiger partial charge is 0.497 e. The third-order valence-corrected chi connectivity index (χ3v) is 6.23. The molecule has 0 aliphatic rings. The highest BCUT2D eigenvalue weighted by atomic mass is 35.5. The number of carbonyl (C=O) groups excluding carboxylic acids is 1. The van der Waals surface area contributed by atoms with Crippen molar-refractivity contribution in [3.05, 3.63) is 84.7 Å². The first-order chi connectivity index (χ1) is 14.3. The lowest BCUT2D eigenvalue weighted by Gasteiger charge is -2.12. The summed E-state index contributed by atoms with van der Waals surface area (Å²) < 4.78 is 16.3. The van der Waals surface area contributed by atoms with E-state index in [0.717, 1.165) is 0 Å². The van der Waals surface area contributed by atoms with Crippen molar-refractivity contribution in [1.82, 2.24) is 0 Å². The molecule has 0 bridgehead atoms. The Balaban J connectivity index is 1.67. The van der Waals surface area contributed by atoms with Gasteiger partial charge in [0.15, 0.2) is 11.5 Å². The highest BCUT2D eigenvalue weighted by molar-refractivity contribution is 6.55. The van der Waals surface area contributed by atoms with Gasteiger partial charge in [-0.2, -0.15) is 0 Å². The molecule has 30 heavy (non-hydrogen) atoms. The second-order valence-corrected chi connectivity index (χ2v) is 7.81. The van der Waals surface area contributed by atoms with Crippen LogP contribution in [0.5, 0.6) is 11.5 Å². The molecular weight excluding hydrogens is 493 g/mol. The monoisotopic (exact) mass is 504 g/mol. The van der Waals surface area contributed by atoms with Crippen molar-refractivity contribution in [1.29, 1.82) is 0 Å². The summed E-state index contributed by atoms with van der Waals surface area (Å²) in [6, 6.07) is 10.2. The molecule has 3 aromatic rings. The number of ether oxygens (including phenoxy) is 2. The Morgan fingerprint density at radius 3 is 2.10 bits per heavy atom. The average Bonchev–Trinajstić information content (AvgIpc) is 3.22. The molecule has 0 spiro atoms. The number of rotatable bonds is 7. The van der Waals surface area contributed by atoms with Crippen LogP contribution in [0.15, 0.2) is 46.9 Å². The minimum atomic E-state index is -0.170. The highest BCUT2D eigenvalue weighted by Crippen LogP contribution is 2.48. The molecule has 3 rings (SSSR count). The van der Waals surface area contributed by atoms with Crippen LogP contribution < -0.4 is 9.47 Å². The van der Waals surface area contributed by atoms with Crippen LogP contribution in [0.4, 0.5) is 0 Å². The summed E-state index contributed by atoms with van der Waals surface area (Å²) in [5, 5.41) is 0.235. The number of methoxy groups -OCH3 is 1. The van der Waals surface area contributed by atoms with Crippen molar-refractivity contribution in [3.63, 3.8) is 0 Å². The fraction of sp³-hybridized carbons (Fsp3) is 0.0952. The quantitative estimate of drug-likeness (QED) is 0.141. The minimum absolute atomic E-state index is 0.00793. The molecule has 0 saturated carbocycles. The fourth-order valence-electron chi connectivity index (χ4n) is 2.43. The minimum Gasteiger partial charge on any atom is -0.497 e. The fourth-order valence-corrected chi connectivity index (χ4v) is 3.66. The zero-order chi connectivity index (χ0) is 21.8. The van der Waals surface area contributed by atoms with Crippen LogP contribution in [0.2, 0.25) is 25.1 Å². The molecule has 0 aliphatic carbocycles. The van der Waals surface area contributed by atoms with E-state index in [9.17, 15) is 4.79 Å². The molecule has 0 amide bonds. The van der Waals surface area contributed by atoms with E-state index in [1.54, 1.807) is 49.6 Å². The second-order valence-electron chi connectivity index (χ2n) is 5.92. The van der Waals surface area contributed by atoms with Crippen LogP contribution in [0.25, 0.3) is 6.08 Å². The van der Waals surface area contributed by atoms with Gasteiger partial charge in [-0.1, -0.05) is 58.0 Å². The van der Waals surface area contributed by atoms with E-state index < -0.39 is 0 Å². The lowest BCUT2D eigenvalue weighted by atomic mass is 10.1. The summed E-state index contributed by atoms with van der Waals surface area (Å²) in [7, 11) is 1.56. The predicted octanol–water partition coefficient (Wildman–Crippen LogP) is 8.03. The van der Waals surface area contributed by atoms with Crippen LogP contribution in [-0.2, 0) is 6.61 Å². The molecule has 0 fully saturated rings. The number of carbonyl (C=O) groups is 1. The van der Waals surface area contributed by atoms with Crippen molar-refractivity contribution >= 4 is 69.9 Å². The Morgan fingerprint density at radius 1 is 0.900 bits per heavy atom. The van der Waals surface area contributed by atoms with Crippen LogP contribution in [0.3, 0.4) is 0 Å². The van der Waals surface area contributed by atoms with E-state index in [1.165, 1.54) is 6.08 Å². The van der Waals surface area contributed by atoms with Gasteiger partial charge in [0, 0.05) is 5.56 Å². The van der Waals surface area contributed by atoms with Gasteiger partial charge in [0.25, 0.3) is 0 Å². The normalized spacial score (nSPS) is 11.1. The zero-order valence-corrected chi connectivity index (χ0v) is 19.1. The van der Waals surface area contributed by atoms with Crippen molar-refractivity contribution in [2.45, 2.75) is 6.61 Å². The van der Waals surface area contributed by atoms with E-state index in [1.807, 2.05) is 0 Å². The van der Waals surface area contributed by atoms with Gasteiger partial charge in [-0.15, -0.1) is 0 Å². The number of hydrogen-bond acceptors (Lipinski definition) is 4. The first-order valence-corrected chi connectivity index (χ1v) is 10.3. The van der Waals surface area contributed by atoms with Crippen molar-refractivity contribution in [3.8, 4) is 11.5 Å². The van der Waals surface area contributed by atoms with Gasteiger partial charge < -0.3 is 13.9 Å². The van der Waals surface area contributed by atoms with Gasteiger partial charge in [-0.05, 0) is 48.6 Å². The molecule has 0 saturated heterocycles. The molecule has 1 heterocycles. The van der Waals surface area contributed by atoms with Crippen LogP contribution >= 0.6 is 58.0 Å². The van der Waals surface area contributed by atoms with Crippen molar-refractivity contribution < 1.29 is 18.7 Å². The van der Waals surface area contributed by atoms with E-state index in [4.69, 9.17) is 71.9 Å². The first kappa shape index (κ1) is 22.9. The topological polar surface area (TPSA) is 48.7 Å². The zero-order valence-electron chi connectivity index (χ0n) is 15.3. The Kier molecular flexibility index (Phi) is 7.61. The molecule has 0 N–H and O–H groups in total. The van der Waals surface area contributed by atoms with Gasteiger partial charge in [-0.3, -0.25) is 4.79 Å². The first-order valence-electron chi connectivity index (χ1n) is 8.41. The highest BCUT2D eigenvalue weighted by Gasteiger charge is 2.21. The molecule has 1 aromatic heterocycles. The maximum Gasteiger partial charge on any atom is 0.185 e. The number of furan rings is 1. The summed E-state index contributed by atoms with van der Waals surface area (Å²) in [5.41, 5.74) is 0.531. The van der Waals surface area contributed by atoms with Crippen LogP contribution in [0, 0.1) is 0 Å². The summed E-state index contributed by atoms with van der Waals surface area (Å²) in [6.07, 6.45) is 2.98. The van der Waals surface area contributed by atoms with E-state index in [0.29, 0.717) is 22.8 Å². The Bertz CT molecular complexity index is 1070. The number of ketones is 1. The Labute approximate surface area is 197 Å². The third-order valence-electron chi connectivity index (χ3n) is 3.98. The number of benzene rings is 2. The number of halogens is 5. The van der Waals surface area contributed by atoms with Gasteiger partial charge in [0.1, 0.15) is 33.9 Å². The van der Waals surface area contributed by atoms with E-state index in [-0.39, 0.29) is 43.3 Å². The summed E-state index contributed by atoms with van der Waals surface area (Å²) >= 11 is 30.3. The predicted molar refractivity (Wildman–Crippen MR) is 121 cm³/mol. The Hall–Kier alpha value is -1.82. The average molecular weight is 507 g/mol. The van der Waals surface area contributed by atoms with E-state index in [2.05, 4.69) is 0 Å². The van der Waals surface area contributed by atoms with Crippen LogP contribution in [0.1, 0.15) is 21.9 Å². The second kappa shape index (κ2) is 9.99. The van der Waals surface area contributed by atoms with Gasteiger partial charge in [0.05, 0.1) is 22.2 Å². The maximum atomic E-state index is 12.2. The van der Waals surface area contributed by atoms with Gasteiger partial charge in [0.2, 0.25) is 0 Å². The standard InChI is InChI=1S/C21H13Cl5O4/c1-28-12-4-2-11(3-5-12)15(27)9-8-13-6-7-14(30-13)10-29-21-19(25)17(23)16(22)18(24)20(21)26/h2-9H,10H2,1H3/b9-8+. The van der Waals surface area contributed by atoms with Crippen LogP contribution in [-0.4, -0.2) is 12.9 Å². The molecule has 0 atom stereocenters. The number of hydrogen-bond donors (Lipinski definition) is 0. The summed E-state index contributed by atoms with van der Waals surface area (Å²) in [6.45, 7) is 0.00793. The molecule has 9 heteroatoms. The van der Waals surface area contributed by atoms with Crippen molar-refractivity contribution in [2.75, 3.05) is 7.11 Å². The Morgan fingerprint density at radius 2 is 1.50 bits per heavy atom. The molecule has 2 aromatic carbocycles. The van der Waals surface area contributed by atoms with E-state index >= 15 is 0 Å². The third kappa shape index (κ3) is 5.08. The summed E-state index contributed by atoms with van der Waals surface area (Å²) in [5.74, 6) is 1.55. The van der Waals surface area contributed by atoms with Gasteiger partial charge >= 0.3 is 0 Å². The van der Waals surface area contributed by atoms with Crippen molar-refractivity contribution in [2.24, 2.45) is 0 Å². The molecular formula is C21H13Cl5O4. The molecule has 156 valence electrons. The lowest BCUT2D eigenvalue weighted by Crippen LogP contribution is -1.96. The SMILES string of the molecule is COc1ccc(C(=O)/C=C/c2ccc(COc3c(Cl)c(Cl)c(Cl)c(Cl)c3Cl)o2)cc1. The maximum absolute atomic E-state index is 12.2. The molecule has 0 aliphatic heterocycles. The summed E-state index contributed by atoms with van der Waals surface area (Å²) in [4.78, 5) is 12.2. The van der Waals surface area contributed by atoms with Gasteiger partial charge in [-0.25, -0.2) is 0 Å². The molecule has 0 radical (unpaired) electrons. The lowest BCUT2D eigenvalue weighted by molar-refractivity contribution is 0.104. The molecule has 0 unspecified atom stereocenters.